The van der Waals surface area contributed by atoms with Crippen LogP contribution >= 0.6 is 12.2 Å². The topological polar surface area (TPSA) is 90.1 Å². The Morgan fingerprint density at radius 1 is 1.57 bits per heavy atom. The van der Waals surface area contributed by atoms with Crippen molar-refractivity contribution in [3.8, 4) is 0 Å². The highest BCUT2D eigenvalue weighted by Crippen LogP contribution is 2.08. The van der Waals surface area contributed by atoms with E-state index in [4.69, 9.17) is 5.73 Å². The molecule has 0 unspecified atom stereocenters. The summed E-state index contributed by atoms with van der Waals surface area (Å²) >= 11 is 4.61. The molecule has 0 amide bonds. The first-order valence-corrected chi connectivity index (χ1v) is 4.01. The van der Waals surface area contributed by atoms with Crippen molar-refractivity contribution in [2.24, 2.45) is 5.73 Å². The molecule has 74 valence electrons. The molecule has 0 aliphatic carbocycles. The van der Waals surface area contributed by atoms with Crippen LogP contribution in [-0.4, -0.2) is 28.2 Å². The van der Waals surface area contributed by atoms with E-state index in [0.29, 0.717) is 0 Å². The first kappa shape index (κ1) is 10.3. The highest BCUT2D eigenvalue weighted by molar-refractivity contribution is 7.80. The Labute approximate surface area is 85.5 Å². The van der Waals surface area contributed by atoms with Gasteiger partial charge in [-0.25, -0.2) is 14.8 Å². The van der Waals surface area contributed by atoms with Crippen LogP contribution in [0.15, 0.2) is 12.4 Å². The average molecular weight is 212 g/mol. The van der Waals surface area contributed by atoms with Gasteiger partial charge in [0.2, 0.25) is 0 Å². The number of ether oxygens (including phenoxy) is 1. The van der Waals surface area contributed by atoms with Crippen LogP contribution in [0.25, 0.3) is 0 Å². The molecule has 1 aromatic rings. The van der Waals surface area contributed by atoms with Crippen molar-refractivity contribution in [2.45, 2.75) is 0 Å². The molecule has 0 radical (unpaired) electrons. The first-order valence-electron chi connectivity index (χ1n) is 3.61. The van der Waals surface area contributed by atoms with Crippen LogP contribution in [0.3, 0.4) is 0 Å². The molecular formula is C7H8N4O2S. The number of esters is 1. The van der Waals surface area contributed by atoms with Crippen LogP contribution in [0.5, 0.6) is 0 Å². The Kier molecular flexibility index (Phi) is 3.29. The lowest BCUT2D eigenvalue weighted by atomic mass is 10.4. The maximum Gasteiger partial charge on any atom is 0.360 e. The molecule has 0 fully saturated rings. The van der Waals surface area contributed by atoms with Gasteiger partial charge in [0, 0.05) is 12.4 Å². The fourth-order valence-corrected chi connectivity index (χ4v) is 0.889. The molecule has 7 heteroatoms. The van der Waals surface area contributed by atoms with Gasteiger partial charge >= 0.3 is 5.97 Å². The summed E-state index contributed by atoms with van der Waals surface area (Å²) in [6.45, 7) is 0. The summed E-state index contributed by atoms with van der Waals surface area (Å²) in [4.78, 5) is 18.8. The van der Waals surface area contributed by atoms with E-state index in [1.807, 2.05) is 0 Å². The number of hydrogen-bond donors (Lipinski definition) is 2. The molecule has 0 aliphatic rings. The van der Waals surface area contributed by atoms with E-state index < -0.39 is 5.97 Å². The molecule has 1 heterocycles. The summed E-state index contributed by atoms with van der Waals surface area (Å²) in [5, 5.41) is 2.53. The largest absolute Gasteiger partial charge is 0.464 e. The number of methoxy groups -OCH3 is 1. The van der Waals surface area contributed by atoms with E-state index in [1.54, 1.807) is 0 Å². The van der Waals surface area contributed by atoms with E-state index in [1.165, 1.54) is 19.5 Å². The van der Waals surface area contributed by atoms with Crippen molar-refractivity contribution in [3.63, 3.8) is 0 Å². The molecule has 0 bridgehead atoms. The summed E-state index contributed by atoms with van der Waals surface area (Å²) in [6, 6.07) is 0. The fourth-order valence-electron chi connectivity index (χ4n) is 0.792. The van der Waals surface area contributed by atoms with Crippen molar-refractivity contribution < 1.29 is 9.53 Å². The highest BCUT2D eigenvalue weighted by Gasteiger charge is 2.14. The van der Waals surface area contributed by atoms with Crippen LogP contribution in [0.1, 0.15) is 10.5 Å². The van der Waals surface area contributed by atoms with Crippen LogP contribution in [0.4, 0.5) is 5.82 Å². The van der Waals surface area contributed by atoms with Crippen LogP contribution in [-0.2, 0) is 4.74 Å². The molecule has 1 aromatic heterocycles. The highest BCUT2D eigenvalue weighted by atomic mass is 32.1. The van der Waals surface area contributed by atoms with Gasteiger partial charge in [-0.15, -0.1) is 0 Å². The Morgan fingerprint density at radius 3 is 2.79 bits per heavy atom. The minimum atomic E-state index is -0.600. The van der Waals surface area contributed by atoms with Gasteiger partial charge < -0.3 is 15.8 Å². The van der Waals surface area contributed by atoms with Crippen molar-refractivity contribution in [2.75, 3.05) is 12.4 Å². The Balaban J connectivity index is 3.02. The van der Waals surface area contributed by atoms with E-state index in [2.05, 4.69) is 32.2 Å². The summed E-state index contributed by atoms with van der Waals surface area (Å²) in [5.74, 6) is -0.413. The number of thiocarbonyl (C=S) groups is 1. The standard InChI is InChI=1S/C7H8N4O2S/c1-13-6(12)4-5(11-7(8)14)10-3-2-9-4/h2-3H,1H3,(H3,8,10,11,14). The third kappa shape index (κ3) is 2.36. The number of hydrogen-bond acceptors (Lipinski definition) is 5. The van der Waals surface area contributed by atoms with Crippen LogP contribution < -0.4 is 11.1 Å². The van der Waals surface area contributed by atoms with Crippen molar-refractivity contribution in [1.82, 2.24) is 9.97 Å². The second-order valence-electron chi connectivity index (χ2n) is 2.23. The summed E-state index contributed by atoms with van der Waals surface area (Å²) < 4.78 is 4.49. The van der Waals surface area contributed by atoms with Gasteiger partial charge in [0.15, 0.2) is 16.6 Å². The van der Waals surface area contributed by atoms with Gasteiger partial charge in [-0.3, -0.25) is 0 Å². The van der Waals surface area contributed by atoms with Gasteiger partial charge in [-0.2, -0.15) is 0 Å². The number of nitrogens with zero attached hydrogens (tertiary/aromatic N) is 2. The van der Waals surface area contributed by atoms with Gasteiger partial charge in [-0.05, 0) is 12.2 Å². The Hall–Kier alpha value is -1.76. The maximum atomic E-state index is 11.2. The SMILES string of the molecule is COC(=O)c1nccnc1NC(N)=S. The zero-order valence-electron chi connectivity index (χ0n) is 7.35. The van der Waals surface area contributed by atoms with Crippen LogP contribution in [0, 0.1) is 0 Å². The van der Waals surface area contributed by atoms with E-state index in [9.17, 15) is 4.79 Å². The van der Waals surface area contributed by atoms with Gasteiger partial charge in [0.05, 0.1) is 7.11 Å². The fraction of sp³-hybridized carbons (Fsp3) is 0.143. The minimum absolute atomic E-state index is 0.00986. The predicted octanol–water partition coefficient (Wildman–Crippen LogP) is -0.0813. The lowest BCUT2D eigenvalue weighted by Crippen LogP contribution is -2.22. The summed E-state index contributed by atoms with van der Waals surface area (Å²) in [5.41, 5.74) is 5.28. The second-order valence-corrected chi connectivity index (χ2v) is 2.67. The molecule has 14 heavy (non-hydrogen) atoms. The normalized spacial score (nSPS) is 9.21. The number of carbonyl (C=O) groups excluding carboxylic acids is 1. The molecule has 0 aromatic carbocycles. The number of anilines is 1. The molecule has 3 N–H and O–H groups in total. The average Bonchev–Trinajstić information content (AvgIpc) is 2.16. The summed E-state index contributed by atoms with van der Waals surface area (Å²) in [6.07, 6.45) is 2.78. The summed E-state index contributed by atoms with van der Waals surface area (Å²) in [7, 11) is 1.25. The number of aromatic nitrogens is 2. The lowest BCUT2D eigenvalue weighted by Gasteiger charge is -2.05. The number of carbonyl (C=O) groups is 1. The Morgan fingerprint density at radius 2 is 2.21 bits per heavy atom. The first-order chi connectivity index (χ1) is 6.65. The smallest absolute Gasteiger partial charge is 0.360 e. The quantitative estimate of drug-likeness (QED) is 0.523. The van der Waals surface area contributed by atoms with E-state index >= 15 is 0 Å². The third-order valence-electron chi connectivity index (χ3n) is 1.32. The maximum absolute atomic E-state index is 11.2. The minimum Gasteiger partial charge on any atom is -0.464 e. The molecule has 0 spiro atoms. The monoisotopic (exact) mass is 212 g/mol. The number of nitrogens with two attached hydrogens (primary N) is 1. The third-order valence-corrected chi connectivity index (χ3v) is 1.42. The Bertz CT molecular complexity index is 368. The molecule has 0 saturated heterocycles. The van der Waals surface area contributed by atoms with Crippen molar-refractivity contribution in [1.29, 1.82) is 0 Å². The van der Waals surface area contributed by atoms with Crippen molar-refractivity contribution in [3.05, 3.63) is 18.1 Å². The van der Waals surface area contributed by atoms with Gasteiger partial charge in [0.25, 0.3) is 0 Å². The molecule has 6 nitrogen and oxygen atoms in total. The zero-order valence-corrected chi connectivity index (χ0v) is 8.17. The van der Waals surface area contributed by atoms with Crippen LogP contribution in [0.2, 0.25) is 0 Å². The second kappa shape index (κ2) is 4.47. The van der Waals surface area contributed by atoms with Crippen molar-refractivity contribution >= 4 is 29.1 Å². The zero-order chi connectivity index (χ0) is 10.6. The molecule has 1 rings (SSSR count). The van der Waals surface area contributed by atoms with E-state index in [0.717, 1.165) is 0 Å². The molecule has 0 saturated carbocycles. The number of nitrogens with one attached hydrogen (secondary N) is 1. The molecular weight excluding hydrogens is 204 g/mol. The molecule has 0 atom stereocenters. The van der Waals surface area contributed by atoms with Gasteiger partial charge in [0.1, 0.15) is 0 Å². The molecule has 0 aliphatic heterocycles. The van der Waals surface area contributed by atoms with E-state index in [-0.39, 0.29) is 16.6 Å². The predicted molar refractivity (Wildman–Crippen MR) is 53.8 cm³/mol. The lowest BCUT2D eigenvalue weighted by molar-refractivity contribution is 0.0595. The number of rotatable bonds is 2. The van der Waals surface area contributed by atoms with Gasteiger partial charge in [-0.1, -0.05) is 0 Å².